The zero-order valence-corrected chi connectivity index (χ0v) is 5.10. The first-order valence-electron chi connectivity index (χ1n) is 2.47. The van der Waals surface area contributed by atoms with Crippen LogP contribution >= 0.6 is 0 Å². The van der Waals surface area contributed by atoms with Crippen LogP contribution in [0, 0.1) is 5.92 Å². The van der Waals surface area contributed by atoms with Gasteiger partial charge in [0.15, 0.2) is 0 Å². The van der Waals surface area contributed by atoms with Crippen molar-refractivity contribution in [3.63, 3.8) is 0 Å². The molecule has 7 heavy (non-hydrogen) atoms. The molecule has 0 spiro atoms. The molecule has 0 aromatic carbocycles. The zero-order chi connectivity index (χ0) is 5.70. The molecule has 2 heteroatoms. The Hall–Kier alpha value is -0.530. The topological polar surface area (TPSA) is 24.4 Å². The largest absolute Gasteiger partial charge is 0.313 e. The molecule has 0 rings (SSSR count). The van der Waals surface area contributed by atoms with Crippen molar-refractivity contribution in [3.05, 3.63) is 0 Å². The minimum Gasteiger partial charge on any atom is -0.313 e. The molecule has 0 unspecified atom stereocenters. The van der Waals surface area contributed by atoms with Gasteiger partial charge in [-0.15, -0.1) is 0 Å². The van der Waals surface area contributed by atoms with Crippen LogP contribution in [0.1, 0.15) is 13.8 Å². The van der Waals surface area contributed by atoms with Crippen LogP contribution in [0.5, 0.6) is 0 Å². The Morgan fingerprint density at radius 2 is 2.14 bits per heavy atom. The van der Waals surface area contributed by atoms with Crippen LogP contribution in [0.25, 0.3) is 0 Å². The molecular weight excluding hydrogens is 88.1 g/mol. The molecule has 0 bridgehead atoms. The van der Waals surface area contributed by atoms with E-state index in [2.05, 4.69) is 24.4 Å². The van der Waals surface area contributed by atoms with E-state index in [0.717, 1.165) is 0 Å². The number of nitrogens with one attached hydrogen (secondary N) is 1. The summed E-state index contributed by atoms with van der Waals surface area (Å²) in [6.45, 7) is 4.17. The smallest absolute Gasteiger partial charge is 0.0268 e. The lowest BCUT2D eigenvalue weighted by atomic mass is 10.3. The van der Waals surface area contributed by atoms with E-state index in [1.54, 1.807) is 7.05 Å². The Morgan fingerprint density at radius 3 is 2.29 bits per heavy atom. The second kappa shape index (κ2) is 3.65. The van der Waals surface area contributed by atoms with Crippen molar-refractivity contribution in [1.82, 2.24) is 5.43 Å². The van der Waals surface area contributed by atoms with Crippen LogP contribution in [0.15, 0.2) is 5.10 Å². The van der Waals surface area contributed by atoms with Gasteiger partial charge in [0.1, 0.15) is 0 Å². The molecule has 0 saturated heterocycles. The number of nitrogens with zero attached hydrogens (tertiary/aromatic N) is 1. The molecule has 0 aromatic heterocycles. The molecule has 0 fully saturated rings. The number of hydrogen-bond donors (Lipinski definition) is 1. The SMILES string of the molecule is CN/N=C/C(C)C. The molecule has 0 radical (unpaired) electrons. The van der Waals surface area contributed by atoms with Gasteiger partial charge in [-0.1, -0.05) is 13.8 Å². The predicted molar refractivity (Wildman–Crippen MR) is 32.4 cm³/mol. The van der Waals surface area contributed by atoms with Crippen LogP contribution in [0.4, 0.5) is 0 Å². The highest BCUT2D eigenvalue weighted by Crippen LogP contribution is 1.81. The summed E-state index contributed by atoms with van der Waals surface area (Å²) in [5, 5.41) is 3.80. The Kier molecular flexibility index (Phi) is 3.38. The van der Waals surface area contributed by atoms with Crippen molar-refractivity contribution in [2.75, 3.05) is 7.05 Å². The highest BCUT2D eigenvalue weighted by molar-refractivity contribution is 5.58. The van der Waals surface area contributed by atoms with Gasteiger partial charge in [-0.2, -0.15) is 5.10 Å². The van der Waals surface area contributed by atoms with Crippen LogP contribution in [0.3, 0.4) is 0 Å². The minimum absolute atomic E-state index is 0.549. The van der Waals surface area contributed by atoms with Crippen molar-refractivity contribution < 1.29 is 0 Å². The molecule has 0 amide bonds. The fraction of sp³-hybridized carbons (Fsp3) is 0.800. The molecule has 0 heterocycles. The van der Waals surface area contributed by atoms with E-state index in [1.165, 1.54) is 0 Å². The summed E-state index contributed by atoms with van der Waals surface area (Å²) in [6, 6.07) is 0. The molecule has 0 aliphatic carbocycles. The first-order valence-corrected chi connectivity index (χ1v) is 2.47. The maximum atomic E-state index is 3.80. The fourth-order valence-electron chi connectivity index (χ4n) is 0.224. The average molecular weight is 100 g/mol. The third-order valence-electron chi connectivity index (χ3n) is 0.502. The Balaban J connectivity index is 3.08. The first-order chi connectivity index (χ1) is 3.27. The van der Waals surface area contributed by atoms with Crippen molar-refractivity contribution in [2.24, 2.45) is 11.0 Å². The van der Waals surface area contributed by atoms with Gasteiger partial charge in [-0.25, -0.2) is 0 Å². The van der Waals surface area contributed by atoms with E-state index in [9.17, 15) is 0 Å². The van der Waals surface area contributed by atoms with Crippen LogP contribution in [-0.2, 0) is 0 Å². The van der Waals surface area contributed by atoms with E-state index < -0.39 is 0 Å². The summed E-state index contributed by atoms with van der Waals surface area (Å²) in [5.41, 5.74) is 2.67. The monoisotopic (exact) mass is 100 g/mol. The molecule has 0 saturated carbocycles. The third kappa shape index (κ3) is 5.47. The van der Waals surface area contributed by atoms with Gasteiger partial charge in [0.2, 0.25) is 0 Å². The minimum atomic E-state index is 0.549. The van der Waals surface area contributed by atoms with Crippen molar-refractivity contribution in [2.45, 2.75) is 13.8 Å². The molecule has 0 aromatic rings. The summed E-state index contributed by atoms with van der Waals surface area (Å²) >= 11 is 0. The maximum absolute atomic E-state index is 3.80. The molecule has 0 aliphatic heterocycles. The van der Waals surface area contributed by atoms with Crippen molar-refractivity contribution in [3.8, 4) is 0 Å². The second-order valence-electron chi connectivity index (χ2n) is 1.75. The lowest BCUT2D eigenvalue weighted by molar-refractivity contribution is 0.848. The lowest BCUT2D eigenvalue weighted by Gasteiger charge is -1.89. The Morgan fingerprint density at radius 1 is 1.57 bits per heavy atom. The summed E-state index contributed by atoms with van der Waals surface area (Å²) < 4.78 is 0. The molecular formula is C5H12N2. The highest BCUT2D eigenvalue weighted by Gasteiger charge is 1.79. The van der Waals surface area contributed by atoms with Gasteiger partial charge in [-0.05, 0) is 5.92 Å². The van der Waals surface area contributed by atoms with E-state index in [0.29, 0.717) is 5.92 Å². The van der Waals surface area contributed by atoms with Crippen molar-refractivity contribution >= 4 is 6.21 Å². The first kappa shape index (κ1) is 6.47. The highest BCUT2D eigenvalue weighted by atomic mass is 15.3. The standard InChI is InChI=1S/C5H12N2/c1-5(2)4-7-6-3/h4-6H,1-3H3/b7-4+. The van der Waals surface area contributed by atoms with Crippen LogP contribution < -0.4 is 5.43 Å². The van der Waals surface area contributed by atoms with Crippen molar-refractivity contribution in [1.29, 1.82) is 0 Å². The fourth-order valence-corrected chi connectivity index (χ4v) is 0.224. The average Bonchev–Trinajstić information content (AvgIpc) is 1.61. The third-order valence-corrected chi connectivity index (χ3v) is 0.502. The molecule has 1 N–H and O–H groups in total. The van der Waals surface area contributed by atoms with Crippen LogP contribution in [-0.4, -0.2) is 13.3 Å². The summed E-state index contributed by atoms with van der Waals surface area (Å²) in [5.74, 6) is 0.549. The quantitative estimate of drug-likeness (QED) is 0.403. The molecule has 2 nitrogen and oxygen atoms in total. The van der Waals surface area contributed by atoms with Gasteiger partial charge >= 0.3 is 0 Å². The Labute approximate surface area is 44.6 Å². The Bertz CT molecular complexity index is 57.1. The molecule has 42 valence electrons. The number of rotatable bonds is 2. The predicted octanol–water partition coefficient (Wildman–Crippen LogP) is 0.848. The summed E-state index contributed by atoms with van der Waals surface area (Å²) in [7, 11) is 1.79. The van der Waals surface area contributed by atoms with Gasteiger partial charge in [0, 0.05) is 13.3 Å². The maximum Gasteiger partial charge on any atom is 0.0268 e. The summed E-state index contributed by atoms with van der Waals surface area (Å²) in [4.78, 5) is 0. The van der Waals surface area contributed by atoms with E-state index in [-0.39, 0.29) is 0 Å². The van der Waals surface area contributed by atoms with E-state index in [1.807, 2.05) is 6.21 Å². The molecule has 0 atom stereocenters. The zero-order valence-electron chi connectivity index (χ0n) is 5.10. The van der Waals surface area contributed by atoms with Gasteiger partial charge in [-0.3, -0.25) is 0 Å². The second-order valence-corrected chi connectivity index (χ2v) is 1.75. The normalized spacial score (nSPS) is 10.9. The molecule has 0 aliphatic rings. The van der Waals surface area contributed by atoms with Gasteiger partial charge < -0.3 is 5.43 Å². The van der Waals surface area contributed by atoms with Gasteiger partial charge in [0.05, 0.1) is 0 Å². The van der Waals surface area contributed by atoms with E-state index in [4.69, 9.17) is 0 Å². The number of hydrazone groups is 1. The lowest BCUT2D eigenvalue weighted by Crippen LogP contribution is -1.97. The van der Waals surface area contributed by atoms with Gasteiger partial charge in [0.25, 0.3) is 0 Å². The number of hydrogen-bond acceptors (Lipinski definition) is 2. The van der Waals surface area contributed by atoms with Crippen LogP contribution in [0.2, 0.25) is 0 Å². The van der Waals surface area contributed by atoms with E-state index >= 15 is 0 Å². The summed E-state index contributed by atoms with van der Waals surface area (Å²) in [6.07, 6.45) is 1.86.